The molecule has 1 amide bonds. The number of carbonyl (C=O) groups is 1. The minimum absolute atomic E-state index is 0.0256. The first-order chi connectivity index (χ1) is 5.27. The fourth-order valence-corrected chi connectivity index (χ4v) is 1.29. The van der Waals surface area contributed by atoms with Gasteiger partial charge in [0.2, 0.25) is 5.91 Å². The molecular formula is C6H12N4O. The van der Waals surface area contributed by atoms with E-state index in [1.54, 1.807) is 0 Å². The van der Waals surface area contributed by atoms with Gasteiger partial charge in [-0.15, -0.1) is 0 Å². The van der Waals surface area contributed by atoms with E-state index in [9.17, 15) is 4.79 Å². The Balaban J connectivity index is 2.48. The van der Waals surface area contributed by atoms with Gasteiger partial charge in [0, 0.05) is 11.6 Å². The second-order valence-electron chi connectivity index (χ2n) is 2.64. The van der Waals surface area contributed by atoms with Crippen molar-refractivity contribution in [3.05, 3.63) is 0 Å². The van der Waals surface area contributed by atoms with Crippen molar-refractivity contribution < 1.29 is 4.79 Å². The van der Waals surface area contributed by atoms with Crippen molar-refractivity contribution >= 4 is 11.6 Å². The lowest BCUT2D eigenvalue weighted by molar-refractivity contribution is -0.124. The van der Waals surface area contributed by atoms with Gasteiger partial charge in [0.15, 0.2) is 0 Å². The second-order valence-corrected chi connectivity index (χ2v) is 2.64. The van der Waals surface area contributed by atoms with Crippen LogP contribution in [0.15, 0.2) is 5.10 Å². The van der Waals surface area contributed by atoms with E-state index in [1.807, 2.05) is 0 Å². The van der Waals surface area contributed by atoms with Crippen LogP contribution in [-0.4, -0.2) is 11.6 Å². The van der Waals surface area contributed by atoms with Gasteiger partial charge in [0.05, 0.1) is 0 Å². The van der Waals surface area contributed by atoms with Crippen LogP contribution in [0.2, 0.25) is 0 Å². The van der Waals surface area contributed by atoms with Gasteiger partial charge in [-0.2, -0.15) is 5.10 Å². The monoisotopic (exact) mass is 156 g/mol. The average molecular weight is 156 g/mol. The van der Waals surface area contributed by atoms with E-state index in [-0.39, 0.29) is 11.8 Å². The normalized spacial score (nSPS) is 27.4. The van der Waals surface area contributed by atoms with Crippen molar-refractivity contribution in [2.45, 2.75) is 19.3 Å². The Hall–Kier alpha value is -1.10. The first kappa shape index (κ1) is 8.00. The highest BCUT2D eigenvalue weighted by molar-refractivity contribution is 5.92. The van der Waals surface area contributed by atoms with Gasteiger partial charge in [0.25, 0.3) is 0 Å². The van der Waals surface area contributed by atoms with Gasteiger partial charge in [-0.25, -0.2) is 5.84 Å². The van der Waals surface area contributed by atoms with Gasteiger partial charge < -0.3 is 5.84 Å². The largest absolute Gasteiger partial charge is 0.323 e. The Kier molecular flexibility index (Phi) is 2.43. The van der Waals surface area contributed by atoms with E-state index >= 15 is 0 Å². The summed E-state index contributed by atoms with van der Waals surface area (Å²) in [6.07, 6.45) is 2.27. The van der Waals surface area contributed by atoms with Crippen LogP contribution >= 0.6 is 0 Å². The lowest BCUT2D eigenvalue weighted by Gasteiger charge is -2.03. The number of rotatable bonds is 1. The summed E-state index contributed by atoms with van der Waals surface area (Å²) in [5.41, 5.74) is 3.02. The lowest BCUT2D eigenvalue weighted by atomic mass is 10.1. The summed E-state index contributed by atoms with van der Waals surface area (Å²) in [6.45, 7) is 0. The van der Waals surface area contributed by atoms with Crippen LogP contribution in [0.1, 0.15) is 19.3 Å². The Bertz CT molecular complexity index is 189. The van der Waals surface area contributed by atoms with Gasteiger partial charge in [-0.1, -0.05) is 0 Å². The molecular weight excluding hydrogens is 144 g/mol. The first-order valence-electron chi connectivity index (χ1n) is 3.54. The fraction of sp³-hybridized carbons (Fsp3) is 0.667. The van der Waals surface area contributed by atoms with Crippen molar-refractivity contribution in [2.75, 3.05) is 0 Å². The fourth-order valence-electron chi connectivity index (χ4n) is 1.29. The summed E-state index contributed by atoms with van der Waals surface area (Å²) in [5, 5.41) is 3.55. The van der Waals surface area contributed by atoms with Crippen molar-refractivity contribution in [2.24, 2.45) is 22.7 Å². The molecule has 5 N–H and O–H groups in total. The summed E-state index contributed by atoms with van der Waals surface area (Å²) < 4.78 is 0. The standard InChI is InChI=1S/C6H12N4O/c7-9-5-2-1-4(3-5)6(11)10-8/h4H,1-3,7-8H2,(H,10,11)/b9-5-. The topological polar surface area (TPSA) is 93.5 Å². The number of hydrazone groups is 1. The van der Waals surface area contributed by atoms with Crippen LogP contribution in [0.5, 0.6) is 0 Å². The highest BCUT2D eigenvalue weighted by Gasteiger charge is 2.26. The predicted molar refractivity (Wildman–Crippen MR) is 41.3 cm³/mol. The maximum atomic E-state index is 10.9. The third-order valence-electron chi connectivity index (χ3n) is 1.96. The third-order valence-corrected chi connectivity index (χ3v) is 1.96. The zero-order valence-corrected chi connectivity index (χ0v) is 6.21. The van der Waals surface area contributed by atoms with Crippen LogP contribution in [-0.2, 0) is 4.79 Å². The van der Waals surface area contributed by atoms with Crippen molar-refractivity contribution in [1.29, 1.82) is 0 Å². The Morgan fingerprint density at radius 2 is 2.45 bits per heavy atom. The Morgan fingerprint density at radius 1 is 1.73 bits per heavy atom. The van der Waals surface area contributed by atoms with Crippen molar-refractivity contribution in [3.8, 4) is 0 Å². The van der Waals surface area contributed by atoms with E-state index in [0.29, 0.717) is 6.42 Å². The number of amides is 1. The number of nitrogens with one attached hydrogen (secondary N) is 1. The van der Waals surface area contributed by atoms with E-state index in [1.165, 1.54) is 0 Å². The summed E-state index contributed by atoms with van der Waals surface area (Å²) >= 11 is 0. The smallest absolute Gasteiger partial charge is 0.237 e. The molecule has 0 aromatic heterocycles. The Morgan fingerprint density at radius 3 is 2.91 bits per heavy atom. The minimum Gasteiger partial charge on any atom is -0.323 e. The third kappa shape index (κ3) is 1.68. The maximum Gasteiger partial charge on any atom is 0.237 e. The average Bonchev–Trinajstić information content (AvgIpc) is 2.50. The Labute approximate surface area is 64.8 Å². The molecule has 0 bridgehead atoms. The maximum absolute atomic E-state index is 10.9. The van der Waals surface area contributed by atoms with Crippen molar-refractivity contribution in [3.63, 3.8) is 0 Å². The minimum atomic E-state index is -0.122. The van der Waals surface area contributed by atoms with E-state index in [4.69, 9.17) is 11.7 Å². The van der Waals surface area contributed by atoms with E-state index < -0.39 is 0 Å². The molecule has 62 valence electrons. The number of nitrogens with two attached hydrogens (primary N) is 2. The molecule has 0 heterocycles. The predicted octanol–water partition coefficient (Wildman–Crippen LogP) is -0.909. The lowest BCUT2D eigenvalue weighted by Crippen LogP contribution is -2.34. The van der Waals surface area contributed by atoms with Crippen LogP contribution in [0.4, 0.5) is 0 Å². The molecule has 1 atom stereocenters. The number of nitrogens with zero attached hydrogens (tertiary/aromatic N) is 1. The molecule has 0 aliphatic heterocycles. The highest BCUT2D eigenvalue weighted by atomic mass is 16.2. The van der Waals surface area contributed by atoms with Gasteiger partial charge in [-0.3, -0.25) is 10.2 Å². The molecule has 1 rings (SSSR count). The quantitative estimate of drug-likeness (QED) is 0.260. The molecule has 5 heteroatoms. The molecule has 0 aromatic rings. The summed E-state index contributed by atoms with van der Waals surface area (Å²) in [4.78, 5) is 10.9. The number of hydrazine groups is 1. The van der Waals surface area contributed by atoms with Crippen LogP contribution in [0.3, 0.4) is 0 Å². The zero-order chi connectivity index (χ0) is 8.27. The first-order valence-corrected chi connectivity index (χ1v) is 3.54. The molecule has 1 unspecified atom stereocenters. The number of hydrogen-bond acceptors (Lipinski definition) is 4. The van der Waals surface area contributed by atoms with E-state index in [2.05, 4.69) is 10.5 Å². The molecule has 0 aromatic carbocycles. The van der Waals surface area contributed by atoms with Crippen LogP contribution in [0, 0.1) is 5.92 Å². The molecule has 1 aliphatic carbocycles. The molecule has 0 spiro atoms. The molecule has 0 radical (unpaired) electrons. The summed E-state index contributed by atoms with van der Waals surface area (Å²) in [6, 6.07) is 0. The van der Waals surface area contributed by atoms with Gasteiger partial charge >= 0.3 is 0 Å². The summed E-state index contributed by atoms with van der Waals surface area (Å²) in [5.74, 6) is 9.88. The van der Waals surface area contributed by atoms with Gasteiger partial charge in [0.1, 0.15) is 0 Å². The van der Waals surface area contributed by atoms with Gasteiger partial charge in [-0.05, 0) is 19.3 Å². The molecule has 1 saturated carbocycles. The molecule has 1 aliphatic rings. The molecule has 1 fully saturated rings. The highest BCUT2D eigenvalue weighted by Crippen LogP contribution is 2.22. The number of hydrogen-bond donors (Lipinski definition) is 3. The van der Waals surface area contributed by atoms with Crippen LogP contribution < -0.4 is 17.1 Å². The zero-order valence-electron chi connectivity index (χ0n) is 6.21. The van der Waals surface area contributed by atoms with Crippen molar-refractivity contribution in [1.82, 2.24) is 5.43 Å². The SMILES string of the molecule is N/N=C1/CCC(C(=O)NN)C1. The molecule has 5 nitrogen and oxygen atoms in total. The van der Waals surface area contributed by atoms with Crippen LogP contribution in [0.25, 0.3) is 0 Å². The summed E-state index contributed by atoms with van der Waals surface area (Å²) in [7, 11) is 0. The van der Waals surface area contributed by atoms with E-state index in [0.717, 1.165) is 18.6 Å². The molecule has 0 saturated heterocycles. The number of carbonyl (C=O) groups excluding carboxylic acids is 1. The molecule has 11 heavy (non-hydrogen) atoms. The second kappa shape index (κ2) is 3.34.